The second kappa shape index (κ2) is 9.47. The van der Waals surface area contributed by atoms with E-state index in [1.807, 2.05) is 23.7 Å². The molecule has 7 nitrogen and oxygen atoms in total. The van der Waals surface area contributed by atoms with Crippen molar-refractivity contribution in [1.29, 1.82) is 0 Å². The van der Waals surface area contributed by atoms with Gasteiger partial charge in [-0.05, 0) is 53.0 Å². The summed E-state index contributed by atoms with van der Waals surface area (Å²) in [5.74, 6) is 1.79. The van der Waals surface area contributed by atoms with Crippen LogP contribution in [0.15, 0.2) is 41.8 Å². The van der Waals surface area contributed by atoms with Crippen molar-refractivity contribution in [2.45, 2.75) is 26.4 Å². The molecule has 0 bridgehead atoms. The van der Waals surface area contributed by atoms with Crippen molar-refractivity contribution in [2.75, 3.05) is 39.3 Å². The fourth-order valence-corrected chi connectivity index (χ4v) is 4.53. The van der Waals surface area contributed by atoms with E-state index in [1.165, 1.54) is 10.4 Å². The van der Waals surface area contributed by atoms with Gasteiger partial charge in [-0.25, -0.2) is 4.68 Å². The van der Waals surface area contributed by atoms with Crippen molar-refractivity contribution in [1.82, 2.24) is 30.0 Å². The molecule has 0 N–H and O–H groups in total. The first-order chi connectivity index (χ1) is 14.3. The monoisotopic (exact) mass is 412 g/mol. The van der Waals surface area contributed by atoms with Crippen molar-refractivity contribution in [2.24, 2.45) is 0 Å². The lowest BCUT2D eigenvalue weighted by atomic mass is 10.0. The zero-order chi connectivity index (χ0) is 20.1. The molecule has 0 amide bonds. The summed E-state index contributed by atoms with van der Waals surface area (Å²) in [6.07, 6.45) is 0. The molecular formula is C21H28N6OS. The highest BCUT2D eigenvalue weighted by atomic mass is 32.1. The number of hydrogen-bond acceptors (Lipinski definition) is 7. The molecule has 154 valence electrons. The van der Waals surface area contributed by atoms with Gasteiger partial charge in [0.25, 0.3) is 0 Å². The minimum absolute atomic E-state index is 0.0274. The van der Waals surface area contributed by atoms with Crippen LogP contribution in [0.2, 0.25) is 0 Å². The van der Waals surface area contributed by atoms with E-state index in [2.05, 4.69) is 61.9 Å². The molecular weight excluding hydrogens is 384 g/mol. The second-order valence-electron chi connectivity index (χ2n) is 7.15. The van der Waals surface area contributed by atoms with Gasteiger partial charge in [-0.3, -0.25) is 4.90 Å². The number of likely N-dealkylation sites (N-methyl/N-ethyl adjacent to an activating group) is 1. The van der Waals surface area contributed by atoms with Crippen molar-refractivity contribution in [3.8, 4) is 5.75 Å². The summed E-state index contributed by atoms with van der Waals surface area (Å²) in [6, 6.07) is 12.6. The first-order valence-electron chi connectivity index (χ1n) is 10.3. The molecule has 0 spiro atoms. The molecule has 0 radical (unpaired) electrons. The SMILES string of the molecule is CCOc1ccc(C(c2nnnn2Cc2cccs2)N2CCN(CC)CC2)cc1. The molecule has 1 atom stereocenters. The molecule has 0 saturated carbocycles. The summed E-state index contributed by atoms with van der Waals surface area (Å²) >= 11 is 1.73. The van der Waals surface area contributed by atoms with Crippen LogP contribution in [0.3, 0.4) is 0 Å². The third-order valence-electron chi connectivity index (χ3n) is 5.42. The van der Waals surface area contributed by atoms with Gasteiger partial charge in [-0.15, -0.1) is 16.4 Å². The predicted molar refractivity (Wildman–Crippen MR) is 114 cm³/mol. The van der Waals surface area contributed by atoms with Crippen molar-refractivity contribution < 1.29 is 4.74 Å². The molecule has 1 fully saturated rings. The van der Waals surface area contributed by atoms with Gasteiger partial charge in [0.15, 0.2) is 5.82 Å². The van der Waals surface area contributed by atoms with Gasteiger partial charge in [0.05, 0.1) is 19.2 Å². The zero-order valence-corrected chi connectivity index (χ0v) is 17.9. The van der Waals surface area contributed by atoms with E-state index in [0.717, 1.165) is 44.3 Å². The van der Waals surface area contributed by atoms with E-state index < -0.39 is 0 Å². The summed E-state index contributed by atoms with van der Waals surface area (Å²) in [5, 5.41) is 14.9. The van der Waals surface area contributed by atoms with Crippen LogP contribution in [0.1, 0.15) is 36.2 Å². The average Bonchev–Trinajstić information content (AvgIpc) is 3.43. The topological polar surface area (TPSA) is 59.3 Å². The molecule has 2 aromatic heterocycles. The van der Waals surface area contributed by atoms with E-state index in [-0.39, 0.29) is 6.04 Å². The van der Waals surface area contributed by atoms with E-state index in [1.54, 1.807) is 11.3 Å². The summed E-state index contributed by atoms with van der Waals surface area (Å²) in [5.41, 5.74) is 1.20. The first kappa shape index (κ1) is 20.0. The summed E-state index contributed by atoms with van der Waals surface area (Å²) < 4.78 is 7.58. The number of aromatic nitrogens is 4. The fraction of sp³-hybridized carbons (Fsp3) is 0.476. The van der Waals surface area contributed by atoms with E-state index in [0.29, 0.717) is 13.2 Å². The van der Waals surface area contributed by atoms with Crippen LogP contribution in [-0.4, -0.2) is 69.3 Å². The smallest absolute Gasteiger partial charge is 0.173 e. The van der Waals surface area contributed by atoms with Crippen molar-refractivity contribution in [3.63, 3.8) is 0 Å². The minimum Gasteiger partial charge on any atom is -0.494 e. The minimum atomic E-state index is 0.0274. The third kappa shape index (κ3) is 4.66. The van der Waals surface area contributed by atoms with Gasteiger partial charge >= 0.3 is 0 Å². The molecule has 1 aliphatic heterocycles. The highest BCUT2D eigenvalue weighted by molar-refractivity contribution is 7.09. The lowest BCUT2D eigenvalue weighted by Crippen LogP contribution is -2.48. The molecule has 3 heterocycles. The van der Waals surface area contributed by atoms with E-state index >= 15 is 0 Å². The Morgan fingerprint density at radius 2 is 1.86 bits per heavy atom. The first-order valence-corrected chi connectivity index (χ1v) is 11.1. The number of benzene rings is 1. The number of tetrazole rings is 1. The summed E-state index contributed by atoms with van der Waals surface area (Å²) in [4.78, 5) is 6.23. The lowest BCUT2D eigenvalue weighted by molar-refractivity contribution is 0.108. The normalized spacial score (nSPS) is 16.8. The molecule has 0 aliphatic carbocycles. The van der Waals surface area contributed by atoms with E-state index in [4.69, 9.17) is 4.74 Å². The molecule has 1 aliphatic rings. The lowest BCUT2D eigenvalue weighted by Gasteiger charge is -2.38. The molecule has 29 heavy (non-hydrogen) atoms. The van der Waals surface area contributed by atoms with E-state index in [9.17, 15) is 0 Å². The Labute approximate surface area is 175 Å². The maximum absolute atomic E-state index is 5.63. The predicted octanol–water partition coefficient (Wildman–Crippen LogP) is 2.91. The molecule has 1 unspecified atom stereocenters. The Bertz CT molecular complexity index is 871. The van der Waals surface area contributed by atoms with Gasteiger partial charge < -0.3 is 9.64 Å². The van der Waals surface area contributed by atoms with Gasteiger partial charge in [-0.1, -0.05) is 25.1 Å². The van der Waals surface area contributed by atoms with Gasteiger partial charge in [0.2, 0.25) is 0 Å². The number of piperazine rings is 1. The Morgan fingerprint density at radius 1 is 1.07 bits per heavy atom. The Hall–Kier alpha value is -2.29. The highest BCUT2D eigenvalue weighted by Gasteiger charge is 2.30. The Balaban J connectivity index is 1.64. The average molecular weight is 413 g/mol. The number of rotatable bonds is 8. The van der Waals surface area contributed by atoms with Crippen LogP contribution in [0, 0.1) is 0 Å². The number of ether oxygens (including phenoxy) is 1. The van der Waals surface area contributed by atoms with Gasteiger partial charge in [0, 0.05) is 31.1 Å². The van der Waals surface area contributed by atoms with Crippen molar-refractivity contribution >= 4 is 11.3 Å². The molecule has 1 aromatic carbocycles. The highest BCUT2D eigenvalue weighted by Crippen LogP contribution is 2.30. The van der Waals surface area contributed by atoms with Crippen LogP contribution in [0.4, 0.5) is 0 Å². The summed E-state index contributed by atoms with van der Waals surface area (Å²) in [7, 11) is 0. The number of nitrogens with zero attached hydrogens (tertiary/aromatic N) is 6. The summed E-state index contributed by atoms with van der Waals surface area (Å²) in [6.45, 7) is 10.8. The third-order valence-corrected chi connectivity index (χ3v) is 6.28. The number of hydrogen-bond donors (Lipinski definition) is 0. The Morgan fingerprint density at radius 3 is 2.52 bits per heavy atom. The fourth-order valence-electron chi connectivity index (χ4n) is 3.84. The van der Waals surface area contributed by atoms with Gasteiger partial charge in [0.1, 0.15) is 5.75 Å². The maximum atomic E-state index is 5.63. The van der Waals surface area contributed by atoms with Crippen LogP contribution in [0.5, 0.6) is 5.75 Å². The van der Waals surface area contributed by atoms with Gasteiger partial charge in [-0.2, -0.15) is 0 Å². The molecule has 4 rings (SSSR count). The van der Waals surface area contributed by atoms with Crippen LogP contribution in [-0.2, 0) is 6.54 Å². The van der Waals surface area contributed by atoms with Crippen LogP contribution < -0.4 is 4.74 Å². The van der Waals surface area contributed by atoms with Crippen LogP contribution >= 0.6 is 11.3 Å². The standard InChI is InChI=1S/C21H28N6OS/c1-3-25-11-13-26(14-12-25)20(17-7-9-18(10-8-17)28-4-2)21-22-23-24-27(21)16-19-6-5-15-29-19/h5-10,15,20H,3-4,11-14,16H2,1-2H3. The van der Waals surface area contributed by atoms with Crippen LogP contribution in [0.25, 0.3) is 0 Å². The molecule has 8 heteroatoms. The quantitative estimate of drug-likeness (QED) is 0.567. The van der Waals surface area contributed by atoms with Crippen molar-refractivity contribution in [3.05, 3.63) is 58.0 Å². The number of thiophene rings is 1. The Kier molecular flexibility index (Phi) is 6.53. The second-order valence-corrected chi connectivity index (χ2v) is 8.18. The molecule has 1 saturated heterocycles. The zero-order valence-electron chi connectivity index (χ0n) is 17.1. The molecule has 3 aromatic rings. The maximum Gasteiger partial charge on any atom is 0.173 e. The largest absolute Gasteiger partial charge is 0.494 e.